The molecule has 1 aromatic carbocycles. The van der Waals surface area contributed by atoms with Crippen LogP contribution in [0.2, 0.25) is 0 Å². The molecule has 1 N–H and O–H groups in total. The lowest BCUT2D eigenvalue weighted by molar-refractivity contribution is 0.513. The second kappa shape index (κ2) is 8.18. The highest BCUT2D eigenvalue weighted by molar-refractivity contribution is 7.96. The predicted molar refractivity (Wildman–Crippen MR) is 101 cm³/mol. The lowest BCUT2D eigenvalue weighted by Gasteiger charge is -2.20. The first-order valence-electron chi connectivity index (χ1n) is 8.95. The summed E-state index contributed by atoms with van der Waals surface area (Å²) < 4.78 is 50.1. The Bertz CT molecular complexity index is 768. The Hall–Kier alpha value is -0.920. The van der Waals surface area contributed by atoms with E-state index in [1.54, 1.807) is 12.1 Å². The molecular weight excluding hydrogens is 358 g/mol. The quantitative estimate of drug-likeness (QED) is 0.693. The Labute approximate surface area is 152 Å². The summed E-state index contributed by atoms with van der Waals surface area (Å²) >= 11 is 0. The van der Waals surface area contributed by atoms with Crippen molar-refractivity contribution in [2.24, 2.45) is 0 Å². The Balaban J connectivity index is 2.22. The van der Waals surface area contributed by atoms with Crippen LogP contribution in [-0.4, -0.2) is 46.2 Å². The summed E-state index contributed by atoms with van der Waals surface area (Å²) in [7, 11) is -7.03. The van der Waals surface area contributed by atoms with E-state index in [0.29, 0.717) is 12.5 Å². The third-order valence-electron chi connectivity index (χ3n) is 4.76. The van der Waals surface area contributed by atoms with Gasteiger partial charge in [-0.3, -0.25) is 0 Å². The van der Waals surface area contributed by atoms with E-state index in [0.717, 1.165) is 24.8 Å². The highest BCUT2D eigenvalue weighted by Gasteiger charge is 2.45. The average Bonchev–Trinajstić information content (AvgIpc) is 2.87. The predicted octanol–water partition coefficient (Wildman–Crippen LogP) is 2.53. The number of unbranched alkanes of at least 4 members (excludes halogenated alkanes) is 2. The maximum atomic E-state index is 13.0. The van der Waals surface area contributed by atoms with E-state index in [1.165, 1.54) is 0 Å². The zero-order chi connectivity index (χ0) is 18.7. The fraction of sp³-hybridized carbons (Fsp3) is 0.667. The summed E-state index contributed by atoms with van der Waals surface area (Å²) in [6, 6.07) is 6.29. The van der Waals surface area contributed by atoms with Crippen LogP contribution >= 0.6 is 0 Å². The molecule has 0 amide bonds. The van der Waals surface area contributed by atoms with Gasteiger partial charge < -0.3 is 5.32 Å². The van der Waals surface area contributed by atoms with Gasteiger partial charge in [0.25, 0.3) is 0 Å². The molecule has 1 aromatic rings. The molecule has 0 bridgehead atoms. The molecule has 1 fully saturated rings. The molecule has 0 radical (unpaired) electrons. The minimum atomic E-state index is -3.69. The van der Waals surface area contributed by atoms with Gasteiger partial charge >= 0.3 is 0 Å². The van der Waals surface area contributed by atoms with Gasteiger partial charge in [-0.05, 0) is 36.6 Å². The summed E-state index contributed by atoms with van der Waals surface area (Å²) in [5.41, 5.74) is 1.06. The molecule has 25 heavy (non-hydrogen) atoms. The van der Waals surface area contributed by atoms with Crippen molar-refractivity contribution in [1.29, 1.82) is 0 Å². The molecule has 1 saturated heterocycles. The minimum absolute atomic E-state index is 0.104. The van der Waals surface area contributed by atoms with Crippen molar-refractivity contribution in [3.05, 3.63) is 29.8 Å². The molecule has 2 rings (SSSR count). The topological polar surface area (TPSA) is 80.3 Å². The first-order chi connectivity index (χ1) is 11.7. The van der Waals surface area contributed by atoms with Crippen molar-refractivity contribution >= 4 is 19.7 Å². The Morgan fingerprint density at radius 1 is 1.12 bits per heavy atom. The number of hydrogen-bond donors (Lipinski definition) is 1. The molecule has 0 aliphatic carbocycles. The smallest absolute Gasteiger partial charge is 0.183 e. The molecule has 2 atom stereocenters. The lowest BCUT2D eigenvalue weighted by atomic mass is 10.0. The van der Waals surface area contributed by atoms with Crippen molar-refractivity contribution in [1.82, 2.24) is 5.32 Å². The van der Waals surface area contributed by atoms with Gasteiger partial charge in [-0.1, -0.05) is 45.7 Å². The van der Waals surface area contributed by atoms with Crippen LogP contribution in [0, 0.1) is 0 Å². The van der Waals surface area contributed by atoms with E-state index in [2.05, 4.69) is 12.2 Å². The third kappa shape index (κ3) is 5.05. The van der Waals surface area contributed by atoms with Gasteiger partial charge in [0.1, 0.15) is 0 Å². The molecule has 1 aliphatic heterocycles. The maximum Gasteiger partial charge on any atom is 0.183 e. The maximum absolute atomic E-state index is 13.0. The normalized spacial score (nSPS) is 23.2. The van der Waals surface area contributed by atoms with Crippen molar-refractivity contribution < 1.29 is 16.8 Å². The number of sulfone groups is 2. The summed E-state index contributed by atoms with van der Waals surface area (Å²) in [4.78, 5) is 0.208. The Morgan fingerprint density at radius 2 is 1.76 bits per heavy atom. The van der Waals surface area contributed by atoms with Gasteiger partial charge in [0, 0.05) is 6.04 Å². The first-order valence-corrected chi connectivity index (χ1v) is 12.3. The highest BCUT2D eigenvalue weighted by atomic mass is 32.2. The van der Waals surface area contributed by atoms with E-state index in [-0.39, 0.29) is 16.4 Å². The van der Waals surface area contributed by atoms with Gasteiger partial charge in [-0.2, -0.15) is 0 Å². The van der Waals surface area contributed by atoms with E-state index in [9.17, 15) is 16.8 Å². The van der Waals surface area contributed by atoms with E-state index in [4.69, 9.17) is 0 Å². The minimum Gasteiger partial charge on any atom is -0.312 e. The van der Waals surface area contributed by atoms with Gasteiger partial charge in [0.2, 0.25) is 0 Å². The SMILES string of the molecule is CCCCCN[C@H]1CS(=O)(=O)C[C@@H]1S(=O)(=O)c1ccc(C(C)C)cc1. The first kappa shape index (κ1) is 20.4. The van der Waals surface area contributed by atoms with Gasteiger partial charge in [-0.25, -0.2) is 16.8 Å². The molecule has 142 valence electrons. The molecule has 5 nitrogen and oxygen atoms in total. The van der Waals surface area contributed by atoms with Crippen LogP contribution in [-0.2, 0) is 19.7 Å². The van der Waals surface area contributed by atoms with Crippen LogP contribution in [0.5, 0.6) is 0 Å². The summed E-state index contributed by atoms with van der Waals surface area (Å²) in [6.45, 7) is 6.83. The lowest BCUT2D eigenvalue weighted by Crippen LogP contribution is -2.43. The fourth-order valence-electron chi connectivity index (χ4n) is 3.19. The molecular formula is C18H29NO4S2. The zero-order valence-corrected chi connectivity index (χ0v) is 16.9. The van der Waals surface area contributed by atoms with Crippen LogP contribution in [0.4, 0.5) is 0 Å². The van der Waals surface area contributed by atoms with Crippen LogP contribution in [0.1, 0.15) is 51.5 Å². The van der Waals surface area contributed by atoms with Crippen molar-refractivity contribution in [3.8, 4) is 0 Å². The van der Waals surface area contributed by atoms with Crippen molar-refractivity contribution in [2.45, 2.75) is 62.1 Å². The Kier molecular flexibility index (Phi) is 6.68. The van der Waals surface area contributed by atoms with Crippen molar-refractivity contribution in [2.75, 3.05) is 18.1 Å². The molecule has 1 heterocycles. The summed E-state index contributed by atoms with van der Waals surface area (Å²) in [5, 5.41) is 2.26. The molecule has 0 saturated carbocycles. The molecule has 7 heteroatoms. The number of hydrogen-bond acceptors (Lipinski definition) is 5. The van der Waals surface area contributed by atoms with Gasteiger partial charge in [0.05, 0.1) is 21.7 Å². The second-order valence-corrected chi connectivity index (χ2v) is 11.5. The summed E-state index contributed by atoms with van der Waals surface area (Å²) in [5.74, 6) is -0.0867. The standard InChI is InChI=1S/C18H29NO4S2/c1-4-5-6-11-19-17-12-24(20,21)13-18(17)25(22,23)16-9-7-15(8-10-16)14(2)3/h7-10,14,17-19H,4-6,11-13H2,1-3H3/t17-,18-/m0/s1. The van der Waals surface area contributed by atoms with E-state index in [1.807, 2.05) is 26.0 Å². The molecule has 1 aliphatic rings. The van der Waals surface area contributed by atoms with Gasteiger partial charge in [0.15, 0.2) is 19.7 Å². The largest absolute Gasteiger partial charge is 0.312 e. The van der Waals surface area contributed by atoms with Gasteiger partial charge in [-0.15, -0.1) is 0 Å². The van der Waals surface area contributed by atoms with Crippen LogP contribution in [0.25, 0.3) is 0 Å². The zero-order valence-electron chi connectivity index (χ0n) is 15.2. The van der Waals surface area contributed by atoms with E-state index < -0.39 is 31.0 Å². The highest BCUT2D eigenvalue weighted by Crippen LogP contribution is 2.27. The third-order valence-corrected chi connectivity index (χ3v) is 8.93. The molecule has 0 unspecified atom stereocenters. The number of benzene rings is 1. The van der Waals surface area contributed by atoms with Crippen molar-refractivity contribution in [3.63, 3.8) is 0 Å². The summed E-state index contributed by atoms with van der Waals surface area (Å²) in [6.07, 6.45) is 3.03. The number of nitrogens with one attached hydrogen (secondary N) is 1. The fourth-order valence-corrected chi connectivity index (χ4v) is 7.91. The number of rotatable bonds is 8. The Morgan fingerprint density at radius 3 is 2.32 bits per heavy atom. The van der Waals surface area contributed by atoms with Crippen LogP contribution in [0.15, 0.2) is 29.2 Å². The molecule has 0 aromatic heterocycles. The van der Waals surface area contributed by atoms with E-state index >= 15 is 0 Å². The average molecular weight is 388 g/mol. The second-order valence-electron chi connectivity index (χ2n) is 7.15. The van der Waals surface area contributed by atoms with Crippen LogP contribution in [0.3, 0.4) is 0 Å². The monoisotopic (exact) mass is 387 g/mol. The van der Waals surface area contributed by atoms with Crippen LogP contribution < -0.4 is 5.32 Å². The molecule has 0 spiro atoms.